The smallest absolute Gasteiger partial charge is 0.249 e. The molecule has 0 fully saturated rings. The molecule has 0 saturated carbocycles. The van der Waals surface area contributed by atoms with E-state index in [1.54, 1.807) is 25.2 Å². The maximum Gasteiger partial charge on any atom is 0.249 e. The van der Waals surface area contributed by atoms with E-state index in [-0.39, 0.29) is 12.1 Å². The summed E-state index contributed by atoms with van der Waals surface area (Å²) in [7, 11) is 1.66. The molecule has 0 saturated heterocycles. The number of nitrogens with two attached hydrogens (primary N) is 1. The van der Waals surface area contributed by atoms with Crippen LogP contribution in [0, 0.1) is 0 Å². The van der Waals surface area contributed by atoms with Crippen molar-refractivity contribution in [1.29, 1.82) is 0 Å². The van der Waals surface area contributed by atoms with Gasteiger partial charge in [-0.3, -0.25) is 4.79 Å². The number of benzene rings is 1. The van der Waals surface area contributed by atoms with E-state index in [2.05, 4.69) is 5.32 Å². The third-order valence-electron chi connectivity index (χ3n) is 2.32. The number of rotatable bonds is 5. The number of hydrogen-bond donors (Lipinski definition) is 4. The number of carbonyl (C=O) groups is 1. The minimum atomic E-state index is -1.13. The van der Waals surface area contributed by atoms with Crippen LogP contribution in [0.5, 0.6) is 0 Å². The molecule has 1 aromatic rings. The SMILES string of the molecule is CNCC(O)C(O)c1ccccc1C(N)=O. The van der Waals surface area contributed by atoms with Crippen molar-refractivity contribution in [3.05, 3.63) is 35.4 Å². The second-order valence-corrected chi connectivity index (χ2v) is 3.52. The molecule has 0 radical (unpaired) electrons. The molecule has 1 rings (SSSR count). The highest BCUT2D eigenvalue weighted by atomic mass is 16.3. The number of nitrogens with one attached hydrogen (secondary N) is 1. The van der Waals surface area contributed by atoms with Crippen LogP contribution in [0.2, 0.25) is 0 Å². The van der Waals surface area contributed by atoms with Crippen LogP contribution in [0.15, 0.2) is 24.3 Å². The number of likely N-dealkylation sites (N-methyl/N-ethyl adjacent to an activating group) is 1. The minimum absolute atomic E-state index is 0.227. The molecule has 2 atom stereocenters. The Kier molecular flexibility index (Phi) is 4.42. The molecule has 0 bridgehead atoms. The number of primary amides is 1. The van der Waals surface area contributed by atoms with Gasteiger partial charge in [0.25, 0.3) is 0 Å². The zero-order valence-corrected chi connectivity index (χ0v) is 9.05. The Morgan fingerprint density at radius 1 is 1.44 bits per heavy atom. The quantitative estimate of drug-likeness (QED) is 0.537. The van der Waals surface area contributed by atoms with Gasteiger partial charge in [-0.2, -0.15) is 0 Å². The summed E-state index contributed by atoms with van der Waals surface area (Å²) >= 11 is 0. The Hall–Kier alpha value is -1.43. The molecule has 2 unspecified atom stereocenters. The number of aliphatic hydroxyl groups excluding tert-OH is 2. The summed E-state index contributed by atoms with van der Waals surface area (Å²) in [4.78, 5) is 11.1. The maximum absolute atomic E-state index is 11.1. The molecule has 0 aromatic heterocycles. The van der Waals surface area contributed by atoms with Gasteiger partial charge in [0, 0.05) is 12.1 Å². The largest absolute Gasteiger partial charge is 0.389 e. The van der Waals surface area contributed by atoms with Crippen LogP contribution < -0.4 is 11.1 Å². The molecule has 0 aliphatic rings. The van der Waals surface area contributed by atoms with Gasteiger partial charge in [-0.25, -0.2) is 0 Å². The lowest BCUT2D eigenvalue weighted by molar-refractivity contribution is 0.0197. The van der Waals surface area contributed by atoms with Crippen LogP contribution in [-0.4, -0.2) is 35.8 Å². The number of amides is 1. The molecule has 5 heteroatoms. The Balaban J connectivity index is 2.98. The summed E-state index contributed by atoms with van der Waals surface area (Å²) in [6.45, 7) is 0.230. The Labute approximate surface area is 93.9 Å². The normalized spacial score (nSPS) is 14.4. The highest BCUT2D eigenvalue weighted by molar-refractivity contribution is 5.94. The number of aliphatic hydroxyl groups is 2. The van der Waals surface area contributed by atoms with E-state index >= 15 is 0 Å². The van der Waals surface area contributed by atoms with Crippen molar-refractivity contribution in [2.24, 2.45) is 5.73 Å². The summed E-state index contributed by atoms with van der Waals surface area (Å²) in [5.41, 5.74) is 5.75. The molecular weight excluding hydrogens is 208 g/mol. The van der Waals surface area contributed by atoms with Crippen LogP contribution in [0.4, 0.5) is 0 Å². The van der Waals surface area contributed by atoms with Crippen LogP contribution >= 0.6 is 0 Å². The van der Waals surface area contributed by atoms with E-state index in [1.807, 2.05) is 0 Å². The third-order valence-corrected chi connectivity index (χ3v) is 2.32. The molecule has 1 amide bonds. The summed E-state index contributed by atoms with van der Waals surface area (Å²) in [6.07, 6.45) is -2.11. The summed E-state index contributed by atoms with van der Waals surface area (Å²) in [5, 5.41) is 22.2. The first kappa shape index (κ1) is 12.6. The molecule has 5 N–H and O–H groups in total. The van der Waals surface area contributed by atoms with E-state index in [0.717, 1.165) is 0 Å². The van der Waals surface area contributed by atoms with Gasteiger partial charge in [-0.05, 0) is 18.7 Å². The molecule has 0 heterocycles. The fraction of sp³-hybridized carbons (Fsp3) is 0.364. The van der Waals surface area contributed by atoms with Gasteiger partial charge in [-0.15, -0.1) is 0 Å². The van der Waals surface area contributed by atoms with Gasteiger partial charge in [0.1, 0.15) is 6.10 Å². The lowest BCUT2D eigenvalue weighted by atomic mass is 9.98. The zero-order valence-electron chi connectivity index (χ0n) is 9.05. The van der Waals surface area contributed by atoms with Gasteiger partial charge in [0.05, 0.1) is 6.10 Å². The van der Waals surface area contributed by atoms with Gasteiger partial charge < -0.3 is 21.3 Å². The molecular formula is C11H16N2O3. The standard InChI is InChI=1S/C11H16N2O3/c1-13-6-9(14)10(15)7-4-2-3-5-8(7)11(12)16/h2-5,9-10,13-15H,6H2,1H3,(H2,12,16). The summed E-state index contributed by atoms with van der Waals surface area (Å²) < 4.78 is 0. The van der Waals surface area contributed by atoms with Crippen molar-refractivity contribution >= 4 is 5.91 Å². The monoisotopic (exact) mass is 224 g/mol. The first-order valence-corrected chi connectivity index (χ1v) is 4.97. The van der Waals surface area contributed by atoms with Gasteiger partial charge in [-0.1, -0.05) is 18.2 Å². The van der Waals surface area contributed by atoms with E-state index in [1.165, 1.54) is 6.07 Å². The average Bonchev–Trinajstić information content (AvgIpc) is 2.28. The number of carbonyl (C=O) groups excluding carboxylic acids is 1. The van der Waals surface area contributed by atoms with Crippen molar-refractivity contribution < 1.29 is 15.0 Å². The topological polar surface area (TPSA) is 95.6 Å². The maximum atomic E-state index is 11.1. The molecule has 5 nitrogen and oxygen atoms in total. The van der Waals surface area contributed by atoms with Crippen molar-refractivity contribution in [2.45, 2.75) is 12.2 Å². The lowest BCUT2D eigenvalue weighted by Crippen LogP contribution is -2.31. The minimum Gasteiger partial charge on any atom is -0.389 e. The molecule has 16 heavy (non-hydrogen) atoms. The second kappa shape index (κ2) is 5.60. The fourth-order valence-corrected chi connectivity index (χ4v) is 1.51. The van der Waals surface area contributed by atoms with E-state index in [0.29, 0.717) is 5.56 Å². The summed E-state index contributed by atoms with van der Waals surface area (Å²) in [5.74, 6) is -0.619. The Morgan fingerprint density at radius 3 is 2.62 bits per heavy atom. The lowest BCUT2D eigenvalue weighted by Gasteiger charge is -2.19. The molecule has 0 aliphatic heterocycles. The predicted octanol–water partition coefficient (Wildman–Crippen LogP) is -0.601. The average molecular weight is 224 g/mol. The highest BCUT2D eigenvalue weighted by Crippen LogP contribution is 2.20. The van der Waals surface area contributed by atoms with Crippen LogP contribution in [-0.2, 0) is 0 Å². The molecule has 0 aliphatic carbocycles. The highest BCUT2D eigenvalue weighted by Gasteiger charge is 2.21. The molecule has 88 valence electrons. The first-order chi connectivity index (χ1) is 7.57. The molecule has 1 aromatic carbocycles. The van der Waals surface area contributed by atoms with Crippen molar-refractivity contribution in [3.63, 3.8) is 0 Å². The predicted molar refractivity (Wildman–Crippen MR) is 59.9 cm³/mol. The van der Waals surface area contributed by atoms with Crippen LogP contribution in [0.1, 0.15) is 22.0 Å². The van der Waals surface area contributed by atoms with Crippen LogP contribution in [0.3, 0.4) is 0 Å². The second-order valence-electron chi connectivity index (χ2n) is 3.52. The molecule has 0 spiro atoms. The third kappa shape index (κ3) is 2.79. The van der Waals surface area contributed by atoms with Crippen molar-refractivity contribution in [2.75, 3.05) is 13.6 Å². The van der Waals surface area contributed by atoms with Gasteiger partial charge in [0.15, 0.2) is 0 Å². The van der Waals surface area contributed by atoms with Gasteiger partial charge >= 0.3 is 0 Å². The van der Waals surface area contributed by atoms with Crippen molar-refractivity contribution in [1.82, 2.24) is 5.32 Å². The van der Waals surface area contributed by atoms with E-state index in [9.17, 15) is 15.0 Å². The van der Waals surface area contributed by atoms with Crippen molar-refractivity contribution in [3.8, 4) is 0 Å². The first-order valence-electron chi connectivity index (χ1n) is 4.97. The van der Waals surface area contributed by atoms with Crippen LogP contribution in [0.25, 0.3) is 0 Å². The van der Waals surface area contributed by atoms with Gasteiger partial charge in [0.2, 0.25) is 5.91 Å². The van der Waals surface area contributed by atoms with E-state index < -0.39 is 18.1 Å². The zero-order chi connectivity index (χ0) is 12.1. The Bertz CT molecular complexity index is 368. The number of hydrogen-bond acceptors (Lipinski definition) is 4. The fourth-order valence-electron chi connectivity index (χ4n) is 1.51. The van der Waals surface area contributed by atoms with E-state index in [4.69, 9.17) is 5.73 Å². The summed E-state index contributed by atoms with van der Waals surface area (Å²) in [6, 6.07) is 6.43. The Morgan fingerprint density at radius 2 is 2.06 bits per heavy atom.